The maximum atomic E-state index is 3.64. The third-order valence-electron chi connectivity index (χ3n) is 0.884. The van der Waals surface area contributed by atoms with Crippen LogP contribution in [0.2, 0.25) is 0 Å². The molecule has 0 amide bonds. The van der Waals surface area contributed by atoms with Gasteiger partial charge in [0, 0.05) is 6.20 Å². The van der Waals surface area contributed by atoms with Gasteiger partial charge in [0.2, 0.25) is 0 Å². The van der Waals surface area contributed by atoms with Crippen LogP contribution in [0.3, 0.4) is 0 Å². The smallest absolute Gasteiger partial charge is 0.116 e. The van der Waals surface area contributed by atoms with Crippen LogP contribution in [0.4, 0.5) is 0 Å². The molecule has 0 saturated carbocycles. The fourth-order valence-corrected chi connectivity index (χ4v) is 0.428. The first kappa shape index (κ1) is 4.37. The minimum atomic E-state index is 1.01. The van der Waals surface area contributed by atoms with Crippen molar-refractivity contribution in [3.8, 4) is 0 Å². The van der Waals surface area contributed by atoms with Crippen molar-refractivity contribution in [3.05, 3.63) is 18.0 Å². The van der Waals surface area contributed by atoms with Crippen molar-refractivity contribution in [2.24, 2.45) is 0 Å². The van der Waals surface area contributed by atoms with Crippen molar-refractivity contribution >= 4 is 0 Å². The first-order valence-electron chi connectivity index (χ1n) is 2.34. The highest BCUT2D eigenvalue weighted by atomic mass is 15.1. The van der Waals surface area contributed by atoms with Gasteiger partial charge in [-0.3, -0.25) is 5.10 Å². The third kappa shape index (κ3) is 0.796. The average molecular weight is 95.1 g/mol. The molecule has 1 rings (SSSR count). The molecule has 0 bridgehead atoms. The molecule has 0 unspecified atom stereocenters. The lowest BCUT2D eigenvalue weighted by atomic mass is 10.3. The van der Waals surface area contributed by atoms with E-state index in [4.69, 9.17) is 0 Å². The van der Waals surface area contributed by atoms with Gasteiger partial charge < -0.3 is 0 Å². The standard InChI is InChI=1S/C5H7N2/c1-2-5-3-6-7-4-5/h3H,2H2,1H3,(H,6,7). The minimum absolute atomic E-state index is 1.01. The lowest BCUT2D eigenvalue weighted by molar-refractivity contribution is 1.08. The number of aromatic nitrogens is 2. The van der Waals surface area contributed by atoms with Gasteiger partial charge in [0.15, 0.2) is 0 Å². The summed E-state index contributed by atoms with van der Waals surface area (Å²) < 4.78 is 0. The molecule has 0 saturated heterocycles. The molecule has 0 aliphatic rings. The van der Waals surface area contributed by atoms with E-state index in [0.29, 0.717) is 0 Å². The Morgan fingerprint density at radius 3 is 3.14 bits per heavy atom. The summed E-state index contributed by atoms with van der Waals surface area (Å²) in [6.45, 7) is 2.07. The molecule has 1 aromatic rings. The first-order chi connectivity index (χ1) is 3.43. The van der Waals surface area contributed by atoms with E-state index in [1.54, 1.807) is 0 Å². The van der Waals surface area contributed by atoms with Gasteiger partial charge in [0.25, 0.3) is 0 Å². The van der Waals surface area contributed by atoms with Gasteiger partial charge >= 0.3 is 0 Å². The second-order valence-electron chi connectivity index (χ2n) is 1.38. The fourth-order valence-electron chi connectivity index (χ4n) is 0.428. The Hall–Kier alpha value is -0.790. The van der Waals surface area contributed by atoms with Crippen LogP contribution in [0.25, 0.3) is 0 Å². The highest BCUT2D eigenvalue weighted by Gasteiger charge is 1.84. The molecule has 0 aromatic carbocycles. The number of aryl methyl sites for hydroxylation is 1. The summed E-state index contributed by atoms with van der Waals surface area (Å²) in [6, 6.07) is 0. The van der Waals surface area contributed by atoms with Gasteiger partial charge in [-0.05, 0) is 12.0 Å². The summed E-state index contributed by atoms with van der Waals surface area (Å²) in [5, 5.41) is 6.32. The number of nitrogens with zero attached hydrogens (tertiary/aromatic N) is 1. The lowest BCUT2D eigenvalue weighted by Crippen LogP contribution is -1.68. The third-order valence-corrected chi connectivity index (χ3v) is 0.884. The summed E-state index contributed by atoms with van der Waals surface area (Å²) >= 11 is 0. The molecule has 37 valence electrons. The number of H-pyrrole nitrogens is 1. The second kappa shape index (κ2) is 1.78. The highest BCUT2D eigenvalue weighted by Crippen LogP contribution is 1.90. The Kier molecular flexibility index (Phi) is 1.11. The molecule has 2 heteroatoms. The maximum absolute atomic E-state index is 3.64. The quantitative estimate of drug-likeness (QED) is 0.548. The molecule has 0 spiro atoms. The monoisotopic (exact) mass is 95.1 g/mol. The Labute approximate surface area is 42.6 Å². The van der Waals surface area contributed by atoms with Crippen molar-refractivity contribution < 1.29 is 0 Å². The van der Waals surface area contributed by atoms with Crippen LogP contribution in [0.1, 0.15) is 12.5 Å². The van der Waals surface area contributed by atoms with Crippen molar-refractivity contribution in [3.63, 3.8) is 0 Å². The highest BCUT2D eigenvalue weighted by molar-refractivity contribution is 4.98. The molecule has 1 radical (unpaired) electrons. The molecular weight excluding hydrogens is 88.1 g/mol. The summed E-state index contributed by atoms with van der Waals surface area (Å²) in [7, 11) is 0. The second-order valence-corrected chi connectivity index (χ2v) is 1.38. The van der Waals surface area contributed by atoms with Crippen LogP contribution >= 0.6 is 0 Å². The molecule has 0 aliphatic heterocycles. The molecule has 0 aliphatic carbocycles. The topological polar surface area (TPSA) is 28.7 Å². The zero-order chi connectivity index (χ0) is 5.11. The summed E-state index contributed by atoms with van der Waals surface area (Å²) in [6.07, 6.45) is 5.64. The molecule has 0 atom stereocenters. The Balaban J connectivity index is 2.76. The van der Waals surface area contributed by atoms with Crippen LogP contribution in [0.15, 0.2) is 6.20 Å². The van der Waals surface area contributed by atoms with E-state index in [9.17, 15) is 0 Å². The Morgan fingerprint density at radius 2 is 2.86 bits per heavy atom. The van der Waals surface area contributed by atoms with E-state index in [1.165, 1.54) is 0 Å². The summed E-state index contributed by atoms with van der Waals surface area (Å²) in [5.41, 5.74) is 1.14. The van der Waals surface area contributed by atoms with Gasteiger partial charge in [0.1, 0.15) is 6.20 Å². The van der Waals surface area contributed by atoms with Crippen LogP contribution in [0, 0.1) is 6.20 Å². The predicted molar refractivity (Wildman–Crippen MR) is 26.8 cm³/mol. The van der Waals surface area contributed by atoms with Gasteiger partial charge in [-0.2, -0.15) is 5.10 Å². The van der Waals surface area contributed by atoms with E-state index < -0.39 is 0 Å². The molecule has 1 N–H and O–H groups in total. The molecule has 7 heavy (non-hydrogen) atoms. The van der Waals surface area contributed by atoms with Crippen molar-refractivity contribution in [1.82, 2.24) is 10.2 Å². The van der Waals surface area contributed by atoms with E-state index >= 15 is 0 Å². The van der Waals surface area contributed by atoms with E-state index in [1.807, 2.05) is 6.20 Å². The maximum Gasteiger partial charge on any atom is 0.116 e. The Bertz CT molecular complexity index is 121. The largest absolute Gasteiger partial charge is 0.285 e. The normalized spacial score (nSPS) is 9.29. The van der Waals surface area contributed by atoms with Gasteiger partial charge in [-0.15, -0.1) is 0 Å². The minimum Gasteiger partial charge on any atom is -0.285 e. The number of hydrogen-bond donors (Lipinski definition) is 1. The first-order valence-corrected chi connectivity index (χ1v) is 2.34. The van der Waals surface area contributed by atoms with E-state index in [-0.39, 0.29) is 0 Å². The van der Waals surface area contributed by atoms with Gasteiger partial charge in [-0.1, -0.05) is 6.92 Å². The fraction of sp³-hybridized carbons (Fsp3) is 0.400. The van der Waals surface area contributed by atoms with Crippen molar-refractivity contribution in [2.75, 3.05) is 0 Å². The van der Waals surface area contributed by atoms with Gasteiger partial charge in [-0.25, -0.2) is 0 Å². The van der Waals surface area contributed by atoms with Crippen LogP contribution in [-0.2, 0) is 6.42 Å². The molecule has 1 heterocycles. The van der Waals surface area contributed by atoms with Crippen molar-refractivity contribution in [2.45, 2.75) is 13.3 Å². The van der Waals surface area contributed by atoms with E-state index in [0.717, 1.165) is 12.0 Å². The van der Waals surface area contributed by atoms with Crippen LogP contribution in [-0.4, -0.2) is 10.2 Å². The number of aromatic amines is 1. The zero-order valence-corrected chi connectivity index (χ0v) is 4.23. The number of hydrogen-bond acceptors (Lipinski definition) is 1. The van der Waals surface area contributed by atoms with Gasteiger partial charge in [0.05, 0.1) is 0 Å². The van der Waals surface area contributed by atoms with Crippen LogP contribution < -0.4 is 0 Å². The molecule has 1 aromatic heterocycles. The van der Waals surface area contributed by atoms with Crippen molar-refractivity contribution in [1.29, 1.82) is 0 Å². The Morgan fingerprint density at radius 1 is 2.00 bits per heavy atom. The number of nitrogens with one attached hydrogen (secondary N) is 1. The average Bonchev–Trinajstić information content (AvgIpc) is 2.14. The molecule has 0 fully saturated rings. The number of rotatable bonds is 1. The molecule has 2 nitrogen and oxygen atoms in total. The SMILES string of the molecule is CCc1[c]n[nH]c1. The summed E-state index contributed by atoms with van der Waals surface area (Å²) in [4.78, 5) is 0. The zero-order valence-electron chi connectivity index (χ0n) is 4.23. The van der Waals surface area contributed by atoms with E-state index in [2.05, 4.69) is 23.3 Å². The molecular formula is C5H7N2. The lowest BCUT2D eigenvalue weighted by Gasteiger charge is -1.75. The van der Waals surface area contributed by atoms with Crippen LogP contribution in [0.5, 0.6) is 0 Å². The predicted octanol–water partition coefficient (Wildman–Crippen LogP) is 0.772. The summed E-state index contributed by atoms with van der Waals surface area (Å²) in [5.74, 6) is 0.